The van der Waals surface area contributed by atoms with E-state index in [1.165, 1.54) is 11.1 Å². The van der Waals surface area contributed by atoms with Crippen LogP contribution in [0.1, 0.15) is 34.1 Å². The van der Waals surface area contributed by atoms with E-state index in [0.717, 1.165) is 63.0 Å². The zero-order valence-electron chi connectivity index (χ0n) is 16.1. The molecule has 1 N–H and O–H groups in total. The van der Waals surface area contributed by atoms with Gasteiger partial charge in [0.15, 0.2) is 0 Å². The van der Waals surface area contributed by atoms with Crippen LogP contribution in [-0.4, -0.2) is 59.6 Å². The molecule has 7 heteroatoms. The van der Waals surface area contributed by atoms with Gasteiger partial charge < -0.3 is 15.0 Å². The molecule has 0 radical (unpaired) electrons. The number of fused-ring (bicyclic) bond motifs is 2. The number of piperazine rings is 1. The van der Waals surface area contributed by atoms with E-state index in [1.54, 1.807) is 6.20 Å². The highest BCUT2D eigenvalue weighted by Crippen LogP contribution is 2.30. The largest absolute Gasteiger partial charge is 0.490 e. The average Bonchev–Trinajstić information content (AvgIpc) is 3.08. The monoisotopic (exact) mass is 379 g/mol. The van der Waals surface area contributed by atoms with Crippen molar-refractivity contribution in [2.75, 3.05) is 37.6 Å². The minimum atomic E-state index is -0.0645. The van der Waals surface area contributed by atoms with Crippen LogP contribution in [0.5, 0.6) is 5.75 Å². The second kappa shape index (κ2) is 7.05. The molecule has 146 valence electrons. The molecular weight excluding hydrogens is 354 g/mol. The van der Waals surface area contributed by atoms with Crippen LogP contribution < -0.4 is 15.0 Å². The van der Waals surface area contributed by atoms with E-state index in [0.29, 0.717) is 12.1 Å². The molecule has 0 spiro atoms. The maximum Gasteiger partial charge on any atom is 0.254 e. The van der Waals surface area contributed by atoms with Gasteiger partial charge in [-0.3, -0.25) is 9.69 Å². The summed E-state index contributed by atoms with van der Waals surface area (Å²) < 4.78 is 5.89. The Bertz CT molecular complexity index is 908. The molecule has 4 heterocycles. The number of benzene rings is 1. The number of aromatic nitrogens is 2. The average molecular weight is 379 g/mol. The molecule has 1 atom stereocenters. The van der Waals surface area contributed by atoms with Gasteiger partial charge in [-0.1, -0.05) is 12.1 Å². The highest BCUT2D eigenvalue weighted by Gasteiger charge is 2.24. The molecule has 3 aliphatic heterocycles. The van der Waals surface area contributed by atoms with Crippen molar-refractivity contribution < 1.29 is 9.53 Å². The zero-order chi connectivity index (χ0) is 19.1. The van der Waals surface area contributed by atoms with Crippen LogP contribution in [0, 0.1) is 0 Å². The number of rotatable bonds is 3. The van der Waals surface area contributed by atoms with Gasteiger partial charge in [-0.2, -0.15) is 0 Å². The minimum absolute atomic E-state index is 0.0645. The molecule has 1 aromatic heterocycles. The summed E-state index contributed by atoms with van der Waals surface area (Å²) in [7, 11) is 0. The highest BCUT2D eigenvalue weighted by atomic mass is 16.5. The van der Waals surface area contributed by atoms with Crippen LogP contribution in [0.2, 0.25) is 0 Å². The third-order valence-corrected chi connectivity index (χ3v) is 5.78. The van der Waals surface area contributed by atoms with Crippen molar-refractivity contribution in [2.45, 2.75) is 32.4 Å². The molecule has 5 rings (SSSR count). The first-order valence-corrected chi connectivity index (χ1v) is 10.1. The van der Waals surface area contributed by atoms with E-state index in [4.69, 9.17) is 4.74 Å². The molecule has 1 fully saturated rings. The number of hydrogen-bond acceptors (Lipinski definition) is 6. The zero-order valence-corrected chi connectivity index (χ0v) is 16.1. The van der Waals surface area contributed by atoms with Crippen molar-refractivity contribution in [1.82, 2.24) is 20.2 Å². The summed E-state index contributed by atoms with van der Waals surface area (Å²) in [4.78, 5) is 25.6. The van der Waals surface area contributed by atoms with E-state index in [1.807, 2.05) is 0 Å². The summed E-state index contributed by atoms with van der Waals surface area (Å²) in [6.07, 6.45) is 3.74. The van der Waals surface area contributed by atoms with Crippen molar-refractivity contribution >= 4 is 11.9 Å². The lowest BCUT2D eigenvalue weighted by Gasteiger charge is -2.35. The Kier molecular flexibility index (Phi) is 4.39. The molecule has 1 amide bonds. The van der Waals surface area contributed by atoms with Gasteiger partial charge in [-0.05, 0) is 24.1 Å². The number of carbonyl (C=O) groups is 1. The van der Waals surface area contributed by atoms with E-state index >= 15 is 0 Å². The van der Waals surface area contributed by atoms with E-state index < -0.39 is 0 Å². The predicted octanol–water partition coefficient (Wildman–Crippen LogP) is 1.41. The van der Waals surface area contributed by atoms with Crippen LogP contribution in [-0.2, 0) is 19.4 Å². The SMILES string of the molecule is C[C@@H]1Cc2ccc(CN3CCN(c4ncc5c(n4)CCNC5=O)CC3)cc2O1. The number of amides is 1. The van der Waals surface area contributed by atoms with E-state index in [2.05, 4.69) is 50.2 Å². The predicted molar refractivity (Wildman–Crippen MR) is 106 cm³/mol. The molecular formula is C21H25N5O2. The summed E-state index contributed by atoms with van der Waals surface area (Å²) >= 11 is 0. The first-order valence-electron chi connectivity index (χ1n) is 10.1. The van der Waals surface area contributed by atoms with E-state index in [9.17, 15) is 4.79 Å². The fourth-order valence-corrected chi connectivity index (χ4v) is 4.24. The van der Waals surface area contributed by atoms with Gasteiger partial charge in [0.25, 0.3) is 5.91 Å². The van der Waals surface area contributed by atoms with Crippen molar-refractivity contribution in [3.8, 4) is 5.75 Å². The standard InChI is InChI=1S/C21H25N5O2/c1-14-10-16-3-2-15(11-19(16)28-14)13-25-6-8-26(9-7-25)21-23-12-17-18(24-21)4-5-22-20(17)27/h2-3,11-12,14H,4-10,13H2,1H3,(H,22,27)/t14-/m1/s1. The number of hydrogen-bond donors (Lipinski definition) is 1. The number of carbonyl (C=O) groups excluding carboxylic acids is 1. The topological polar surface area (TPSA) is 70.6 Å². The van der Waals surface area contributed by atoms with Crippen molar-refractivity contribution in [3.63, 3.8) is 0 Å². The quantitative estimate of drug-likeness (QED) is 0.870. The smallest absolute Gasteiger partial charge is 0.254 e. The molecule has 0 unspecified atom stereocenters. The second-order valence-corrected chi connectivity index (χ2v) is 7.87. The Labute approximate surface area is 164 Å². The Hall–Kier alpha value is -2.67. The summed E-state index contributed by atoms with van der Waals surface area (Å²) in [5, 5.41) is 2.84. The van der Waals surface area contributed by atoms with Gasteiger partial charge in [-0.25, -0.2) is 9.97 Å². The normalized spacial score (nSPS) is 21.7. The molecule has 3 aliphatic rings. The third-order valence-electron chi connectivity index (χ3n) is 5.78. The van der Waals surface area contributed by atoms with Crippen LogP contribution in [0.3, 0.4) is 0 Å². The molecule has 7 nitrogen and oxygen atoms in total. The number of anilines is 1. The van der Waals surface area contributed by atoms with Gasteiger partial charge in [0, 0.05) is 58.3 Å². The van der Waals surface area contributed by atoms with Crippen molar-refractivity contribution in [2.24, 2.45) is 0 Å². The van der Waals surface area contributed by atoms with Gasteiger partial charge in [0.1, 0.15) is 11.9 Å². The van der Waals surface area contributed by atoms with Gasteiger partial charge in [0.05, 0.1) is 11.3 Å². The Morgan fingerprint density at radius 2 is 2.11 bits per heavy atom. The van der Waals surface area contributed by atoms with Crippen LogP contribution in [0.15, 0.2) is 24.4 Å². The number of nitrogens with zero attached hydrogens (tertiary/aromatic N) is 4. The lowest BCUT2D eigenvalue weighted by atomic mass is 10.1. The molecule has 2 aromatic rings. The van der Waals surface area contributed by atoms with Crippen LogP contribution in [0.4, 0.5) is 5.95 Å². The maximum atomic E-state index is 11.9. The van der Waals surface area contributed by atoms with Gasteiger partial charge >= 0.3 is 0 Å². The van der Waals surface area contributed by atoms with Crippen LogP contribution in [0.25, 0.3) is 0 Å². The number of ether oxygens (including phenoxy) is 1. The maximum absolute atomic E-state index is 11.9. The van der Waals surface area contributed by atoms with Crippen molar-refractivity contribution in [3.05, 3.63) is 46.8 Å². The Morgan fingerprint density at radius 1 is 1.25 bits per heavy atom. The molecule has 1 aromatic carbocycles. The van der Waals surface area contributed by atoms with Gasteiger partial charge in [-0.15, -0.1) is 0 Å². The van der Waals surface area contributed by atoms with Crippen LogP contribution >= 0.6 is 0 Å². The molecule has 0 aliphatic carbocycles. The lowest BCUT2D eigenvalue weighted by Crippen LogP contribution is -2.46. The molecule has 0 saturated carbocycles. The lowest BCUT2D eigenvalue weighted by molar-refractivity contribution is 0.0944. The summed E-state index contributed by atoms with van der Waals surface area (Å²) in [5.41, 5.74) is 4.10. The Morgan fingerprint density at radius 3 is 2.96 bits per heavy atom. The summed E-state index contributed by atoms with van der Waals surface area (Å²) in [6.45, 7) is 7.43. The van der Waals surface area contributed by atoms with Gasteiger partial charge in [0.2, 0.25) is 5.95 Å². The molecule has 0 bridgehead atoms. The molecule has 1 saturated heterocycles. The number of nitrogens with one attached hydrogen (secondary N) is 1. The second-order valence-electron chi connectivity index (χ2n) is 7.87. The fraction of sp³-hybridized carbons (Fsp3) is 0.476. The first kappa shape index (κ1) is 17.4. The summed E-state index contributed by atoms with van der Waals surface area (Å²) in [6, 6.07) is 6.63. The van der Waals surface area contributed by atoms with E-state index in [-0.39, 0.29) is 12.0 Å². The molecule has 28 heavy (non-hydrogen) atoms. The van der Waals surface area contributed by atoms with Crippen molar-refractivity contribution in [1.29, 1.82) is 0 Å². The third kappa shape index (κ3) is 3.30. The Balaban J connectivity index is 1.21. The summed E-state index contributed by atoms with van der Waals surface area (Å²) in [5.74, 6) is 1.73. The first-order chi connectivity index (χ1) is 13.7. The highest BCUT2D eigenvalue weighted by molar-refractivity contribution is 5.96. The fourth-order valence-electron chi connectivity index (χ4n) is 4.24. The minimum Gasteiger partial charge on any atom is -0.490 e.